The number of benzene rings is 1. The van der Waals surface area contributed by atoms with Crippen molar-refractivity contribution in [3.8, 4) is 5.75 Å². The number of carbonyl (C=O) groups is 1. The highest BCUT2D eigenvalue weighted by Crippen LogP contribution is 2.29. The molecule has 130 valence electrons. The molecule has 1 N–H and O–H groups in total. The largest absolute Gasteiger partial charge is 0.490 e. The van der Waals surface area contributed by atoms with Gasteiger partial charge in [0.15, 0.2) is 0 Å². The van der Waals surface area contributed by atoms with E-state index in [4.69, 9.17) is 9.47 Å². The van der Waals surface area contributed by atoms with Gasteiger partial charge >= 0.3 is 0 Å². The first-order chi connectivity index (χ1) is 10.6. The number of rotatable bonds is 7. The second kappa shape index (κ2) is 7.82. The molecule has 0 aliphatic heterocycles. The van der Waals surface area contributed by atoms with Crippen LogP contribution >= 0.6 is 0 Å². The molecule has 1 atom stereocenters. The van der Waals surface area contributed by atoms with Crippen LogP contribution in [-0.4, -0.2) is 24.7 Å². The number of methoxy groups -OCH3 is 1. The van der Waals surface area contributed by atoms with E-state index in [-0.39, 0.29) is 12.0 Å². The van der Waals surface area contributed by atoms with Gasteiger partial charge in [-0.15, -0.1) is 0 Å². The molecule has 1 rings (SSSR count). The van der Waals surface area contributed by atoms with E-state index in [1.165, 1.54) is 0 Å². The highest BCUT2D eigenvalue weighted by molar-refractivity contribution is 5.97. The Morgan fingerprint density at radius 3 is 2.09 bits per heavy atom. The Balaban J connectivity index is 2.99. The van der Waals surface area contributed by atoms with Gasteiger partial charge in [0.2, 0.25) is 0 Å². The third-order valence-electron chi connectivity index (χ3n) is 3.80. The molecule has 1 unspecified atom stereocenters. The van der Waals surface area contributed by atoms with Gasteiger partial charge in [0.05, 0.1) is 6.10 Å². The molecule has 1 aromatic carbocycles. The highest BCUT2D eigenvalue weighted by Gasteiger charge is 2.34. The molecule has 0 saturated heterocycles. The van der Waals surface area contributed by atoms with Gasteiger partial charge in [-0.25, -0.2) is 0 Å². The Morgan fingerprint density at radius 2 is 1.70 bits per heavy atom. The molecule has 23 heavy (non-hydrogen) atoms. The summed E-state index contributed by atoms with van der Waals surface area (Å²) in [5, 5.41) is 2.98. The highest BCUT2D eigenvalue weighted by atomic mass is 16.5. The molecule has 0 aliphatic carbocycles. The van der Waals surface area contributed by atoms with E-state index in [0.717, 1.165) is 22.6 Å². The first kappa shape index (κ1) is 19.5. The lowest BCUT2D eigenvalue weighted by atomic mass is 9.93. The van der Waals surface area contributed by atoms with Gasteiger partial charge in [-0.05, 0) is 70.2 Å². The molecule has 1 amide bonds. The molecule has 0 aliphatic rings. The van der Waals surface area contributed by atoms with E-state index in [1.807, 2.05) is 46.8 Å². The number of aryl methyl sites for hydroxylation is 2. The molecular formula is C19H31NO3. The minimum atomic E-state index is -0.830. The monoisotopic (exact) mass is 321 g/mol. The van der Waals surface area contributed by atoms with Crippen LogP contribution in [0.3, 0.4) is 0 Å². The van der Waals surface area contributed by atoms with Crippen LogP contribution in [-0.2, 0) is 9.53 Å². The van der Waals surface area contributed by atoms with Crippen molar-refractivity contribution in [1.29, 1.82) is 0 Å². The topological polar surface area (TPSA) is 47.6 Å². The van der Waals surface area contributed by atoms with Crippen LogP contribution in [0.5, 0.6) is 5.75 Å². The summed E-state index contributed by atoms with van der Waals surface area (Å²) < 4.78 is 11.3. The normalized spacial score (nSPS) is 14.0. The maximum absolute atomic E-state index is 12.6. The Bertz CT molecular complexity index is 529. The summed E-state index contributed by atoms with van der Waals surface area (Å²) in [5.74, 6) is 1.13. The number of amides is 1. The molecule has 1 aromatic rings. The van der Waals surface area contributed by atoms with E-state index in [9.17, 15) is 4.79 Å². The predicted molar refractivity (Wildman–Crippen MR) is 95.2 cm³/mol. The van der Waals surface area contributed by atoms with Gasteiger partial charge in [0.1, 0.15) is 11.4 Å². The van der Waals surface area contributed by atoms with Crippen molar-refractivity contribution < 1.29 is 14.3 Å². The summed E-state index contributed by atoms with van der Waals surface area (Å²) in [4.78, 5) is 12.6. The third-order valence-corrected chi connectivity index (χ3v) is 3.80. The molecule has 0 saturated carbocycles. The Morgan fingerprint density at radius 1 is 1.17 bits per heavy atom. The van der Waals surface area contributed by atoms with Crippen LogP contribution < -0.4 is 10.1 Å². The van der Waals surface area contributed by atoms with E-state index in [0.29, 0.717) is 12.3 Å². The zero-order valence-electron chi connectivity index (χ0n) is 15.7. The summed E-state index contributed by atoms with van der Waals surface area (Å²) in [6, 6.07) is 3.88. The van der Waals surface area contributed by atoms with E-state index in [1.54, 1.807) is 7.11 Å². The average Bonchev–Trinajstić information content (AvgIpc) is 2.41. The van der Waals surface area contributed by atoms with Crippen LogP contribution in [0.25, 0.3) is 0 Å². The first-order valence-corrected chi connectivity index (χ1v) is 8.23. The lowest BCUT2D eigenvalue weighted by Gasteiger charge is -2.28. The number of hydrogen-bond donors (Lipinski definition) is 1. The van der Waals surface area contributed by atoms with Gasteiger partial charge in [-0.3, -0.25) is 4.79 Å². The fourth-order valence-corrected chi connectivity index (χ4v) is 2.76. The van der Waals surface area contributed by atoms with Crippen LogP contribution in [0.4, 0.5) is 5.69 Å². The predicted octanol–water partition coefficient (Wildman–Crippen LogP) is 4.48. The summed E-state index contributed by atoms with van der Waals surface area (Å²) in [6.45, 7) is 14.0. The molecule has 0 fully saturated rings. The number of carbonyl (C=O) groups excluding carboxylic acids is 1. The molecule has 4 nitrogen and oxygen atoms in total. The molecule has 4 heteroatoms. The number of hydrogen-bond acceptors (Lipinski definition) is 3. The van der Waals surface area contributed by atoms with E-state index < -0.39 is 5.60 Å². The number of nitrogens with one attached hydrogen (secondary N) is 1. The zero-order chi connectivity index (χ0) is 17.8. The number of anilines is 1. The molecule has 0 spiro atoms. The molecule has 0 bridgehead atoms. The van der Waals surface area contributed by atoms with Gasteiger partial charge in [0.25, 0.3) is 5.91 Å². The zero-order valence-corrected chi connectivity index (χ0v) is 15.7. The van der Waals surface area contributed by atoms with Gasteiger partial charge in [0, 0.05) is 12.8 Å². The number of ether oxygens (including phenoxy) is 2. The fraction of sp³-hybridized carbons (Fsp3) is 0.632. The van der Waals surface area contributed by atoms with E-state index in [2.05, 4.69) is 19.2 Å². The standard InChI is InChI=1S/C19H31NO3/c1-12(2)11-19(7,22-8)18(21)20-16-9-14(5)17(15(6)10-16)23-13(3)4/h9-10,12-13H,11H2,1-8H3,(H,20,21). The van der Waals surface area contributed by atoms with Gasteiger partial charge in [-0.1, -0.05) is 13.8 Å². The molecule has 0 radical (unpaired) electrons. The lowest BCUT2D eigenvalue weighted by molar-refractivity contribution is -0.137. The van der Waals surface area contributed by atoms with Crippen molar-refractivity contribution in [3.05, 3.63) is 23.3 Å². The molecule has 0 heterocycles. The Kier molecular flexibility index (Phi) is 6.63. The fourth-order valence-electron chi connectivity index (χ4n) is 2.76. The Hall–Kier alpha value is -1.55. The van der Waals surface area contributed by atoms with Crippen LogP contribution in [0.2, 0.25) is 0 Å². The van der Waals surface area contributed by atoms with Gasteiger partial charge < -0.3 is 14.8 Å². The molecular weight excluding hydrogens is 290 g/mol. The van der Waals surface area contributed by atoms with Crippen molar-refractivity contribution in [3.63, 3.8) is 0 Å². The van der Waals surface area contributed by atoms with E-state index >= 15 is 0 Å². The second-order valence-corrected chi connectivity index (χ2v) is 7.09. The minimum absolute atomic E-state index is 0.120. The van der Waals surface area contributed by atoms with Crippen molar-refractivity contribution in [2.45, 2.75) is 66.6 Å². The average molecular weight is 321 g/mol. The maximum atomic E-state index is 12.6. The minimum Gasteiger partial charge on any atom is -0.490 e. The summed E-state index contributed by atoms with van der Waals surface area (Å²) in [6.07, 6.45) is 0.789. The molecule has 0 aromatic heterocycles. The maximum Gasteiger partial charge on any atom is 0.256 e. The first-order valence-electron chi connectivity index (χ1n) is 8.23. The van der Waals surface area contributed by atoms with Gasteiger partial charge in [-0.2, -0.15) is 0 Å². The second-order valence-electron chi connectivity index (χ2n) is 7.09. The van der Waals surface area contributed by atoms with Crippen LogP contribution in [0.15, 0.2) is 12.1 Å². The smallest absolute Gasteiger partial charge is 0.256 e. The van der Waals surface area contributed by atoms with Crippen molar-refractivity contribution >= 4 is 11.6 Å². The third kappa shape index (κ3) is 5.24. The summed E-state index contributed by atoms with van der Waals surface area (Å²) >= 11 is 0. The Labute approximate surface area is 140 Å². The van der Waals surface area contributed by atoms with Crippen molar-refractivity contribution in [2.24, 2.45) is 5.92 Å². The van der Waals surface area contributed by atoms with Crippen LogP contribution in [0, 0.1) is 19.8 Å². The SMILES string of the molecule is COC(C)(CC(C)C)C(=O)Nc1cc(C)c(OC(C)C)c(C)c1. The quantitative estimate of drug-likeness (QED) is 0.805. The lowest BCUT2D eigenvalue weighted by Crippen LogP contribution is -2.43. The summed E-state index contributed by atoms with van der Waals surface area (Å²) in [7, 11) is 1.58. The van der Waals surface area contributed by atoms with Crippen molar-refractivity contribution in [1.82, 2.24) is 0 Å². The van der Waals surface area contributed by atoms with Crippen molar-refractivity contribution in [2.75, 3.05) is 12.4 Å². The summed E-state index contributed by atoms with van der Waals surface area (Å²) in [5.41, 5.74) is 1.96. The van der Waals surface area contributed by atoms with Crippen LogP contribution in [0.1, 0.15) is 52.2 Å².